The summed E-state index contributed by atoms with van der Waals surface area (Å²) in [5.41, 5.74) is 0. The molecular weight excluding hydrogens is 202 g/mol. The number of nitriles is 1. The highest BCUT2D eigenvalue weighted by atomic mass is 16.2. The van der Waals surface area contributed by atoms with Gasteiger partial charge in [-0.15, -0.1) is 0 Å². The van der Waals surface area contributed by atoms with Crippen molar-refractivity contribution in [1.29, 1.82) is 5.26 Å². The molecule has 0 aliphatic carbocycles. The Labute approximate surface area is 97.6 Å². The van der Waals surface area contributed by atoms with Gasteiger partial charge in [0.15, 0.2) is 0 Å². The van der Waals surface area contributed by atoms with Crippen molar-refractivity contribution in [3.05, 3.63) is 0 Å². The third-order valence-corrected chi connectivity index (χ3v) is 3.10. The molecule has 90 valence electrons. The van der Waals surface area contributed by atoms with Crippen LogP contribution in [-0.4, -0.2) is 37.0 Å². The Hall–Kier alpha value is -1.08. The lowest BCUT2D eigenvalue weighted by Gasteiger charge is -2.24. The normalized spacial score (nSPS) is 20.1. The molecule has 0 aromatic heterocycles. The third-order valence-electron chi connectivity index (χ3n) is 3.10. The minimum absolute atomic E-state index is 0.155. The van der Waals surface area contributed by atoms with Crippen LogP contribution < -0.4 is 5.32 Å². The Morgan fingerprint density at radius 3 is 3.00 bits per heavy atom. The summed E-state index contributed by atoms with van der Waals surface area (Å²) in [6, 6.07) is 2.57. The number of carbonyl (C=O) groups is 1. The van der Waals surface area contributed by atoms with Gasteiger partial charge in [0.05, 0.1) is 12.5 Å². The zero-order valence-electron chi connectivity index (χ0n) is 10.0. The van der Waals surface area contributed by atoms with Crippen LogP contribution in [0, 0.1) is 11.3 Å². The fourth-order valence-corrected chi connectivity index (χ4v) is 2.00. The lowest BCUT2D eigenvalue weighted by molar-refractivity contribution is -0.130. The predicted molar refractivity (Wildman–Crippen MR) is 62.7 cm³/mol. The molecule has 0 aromatic carbocycles. The first-order valence-electron chi connectivity index (χ1n) is 6.08. The van der Waals surface area contributed by atoms with Crippen LogP contribution in [0.1, 0.15) is 38.5 Å². The SMILES string of the molecule is CN(CCC#N)C(=O)CCC1CCCCN1. The summed E-state index contributed by atoms with van der Waals surface area (Å²) in [4.78, 5) is 13.3. The summed E-state index contributed by atoms with van der Waals surface area (Å²) in [5.74, 6) is 0.155. The molecule has 0 spiro atoms. The highest BCUT2D eigenvalue weighted by Gasteiger charge is 2.15. The number of nitrogens with one attached hydrogen (secondary N) is 1. The largest absolute Gasteiger partial charge is 0.345 e. The summed E-state index contributed by atoms with van der Waals surface area (Å²) < 4.78 is 0. The number of piperidine rings is 1. The summed E-state index contributed by atoms with van der Waals surface area (Å²) in [6.07, 6.45) is 5.66. The van der Waals surface area contributed by atoms with E-state index in [2.05, 4.69) is 11.4 Å². The van der Waals surface area contributed by atoms with Gasteiger partial charge in [0.1, 0.15) is 0 Å². The number of hydrogen-bond donors (Lipinski definition) is 1. The number of amides is 1. The van der Waals surface area contributed by atoms with Crippen molar-refractivity contribution in [3.63, 3.8) is 0 Å². The van der Waals surface area contributed by atoms with Gasteiger partial charge in [-0.25, -0.2) is 0 Å². The van der Waals surface area contributed by atoms with E-state index in [-0.39, 0.29) is 5.91 Å². The molecular formula is C12H21N3O. The highest BCUT2D eigenvalue weighted by molar-refractivity contribution is 5.75. The zero-order chi connectivity index (χ0) is 11.8. The zero-order valence-corrected chi connectivity index (χ0v) is 10.0. The lowest BCUT2D eigenvalue weighted by atomic mass is 10.0. The molecule has 16 heavy (non-hydrogen) atoms. The fourth-order valence-electron chi connectivity index (χ4n) is 2.00. The third kappa shape index (κ3) is 4.63. The number of carbonyl (C=O) groups excluding carboxylic acids is 1. The molecule has 1 aliphatic heterocycles. The van der Waals surface area contributed by atoms with Crippen molar-refractivity contribution in [2.45, 2.75) is 44.6 Å². The van der Waals surface area contributed by atoms with Crippen molar-refractivity contribution >= 4 is 5.91 Å². The summed E-state index contributed by atoms with van der Waals surface area (Å²) >= 11 is 0. The molecule has 1 atom stereocenters. The van der Waals surface area contributed by atoms with Gasteiger partial charge in [0.2, 0.25) is 5.91 Å². The van der Waals surface area contributed by atoms with Gasteiger partial charge in [-0.3, -0.25) is 4.79 Å². The van der Waals surface area contributed by atoms with Gasteiger partial charge < -0.3 is 10.2 Å². The Balaban J connectivity index is 2.15. The average Bonchev–Trinajstić information content (AvgIpc) is 2.34. The van der Waals surface area contributed by atoms with Gasteiger partial charge >= 0.3 is 0 Å². The van der Waals surface area contributed by atoms with Crippen molar-refractivity contribution in [2.24, 2.45) is 0 Å². The Kier molecular flexibility index (Phi) is 5.87. The predicted octanol–water partition coefficient (Wildman–Crippen LogP) is 1.28. The monoisotopic (exact) mass is 223 g/mol. The molecule has 1 rings (SSSR count). The smallest absolute Gasteiger partial charge is 0.222 e. The fraction of sp³-hybridized carbons (Fsp3) is 0.833. The second-order valence-corrected chi connectivity index (χ2v) is 4.41. The van der Waals surface area contributed by atoms with Crippen LogP contribution in [0.5, 0.6) is 0 Å². The van der Waals surface area contributed by atoms with Gasteiger partial charge in [0, 0.05) is 26.1 Å². The van der Waals surface area contributed by atoms with Gasteiger partial charge in [-0.1, -0.05) is 6.42 Å². The van der Waals surface area contributed by atoms with E-state index >= 15 is 0 Å². The standard InChI is InChI=1S/C12H21N3O/c1-15(10-4-8-13)12(16)7-6-11-5-2-3-9-14-11/h11,14H,2-7,9-10H2,1H3. The van der Waals surface area contributed by atoms with Crippen LogP contribution in [-0.2, 0) is 4.79 Å². The molecule has 4 nitrogen and oxygen atoms in total. The molecule has 1 unspecified atom stereocenters. The van der Waals surface area contributed by atoms with E-state index in [0.29, 0.717) is 25.4 Å². The molecule has 1 heterocycles. The molecule has 1 N–H and O–H groups in total. The van der Waals surface area contributed by atoms with Crippen molar-refractivity contribution in [2.75, 3.05) is 20.1 Å². The summed E-state index contributed by atoms with van der Waals surface area (Å²) in [5, 5.41) is 11.9. The Morgan fingerprint density at radius 2 is 2.38 bits per heavy atom. The first-order chi connectivity index (χ1) is 7.74. The Bertz CT molecular complexity index is 253. The minimum Gasteiger partial charge on any atom is -0.345 e. The van der Waals surface area contributed by atoms with E-state index in [9.17, 15) is 4.79 Å². The maximum atomic E-state index is 11.7. The van der Waals surface area contributed by atoms with E-state index < -0.39 is 0 Å². The second kappa shape index (κ2) is 7.24. The molecule has 0 radical (unpaired) electrons. The lowest BCUT2D eigenvalue weighted by Crippen LogP contribution is -2.35. The van der Waals surface area contributed by atoms with Crippen molar-refractivity contribution in [1.82, 2.24) is 10.2 Å². The van der Waals surface area contributed by atoms with Crippen LogP contribution >= 0.6 is 0 Å². The first kappa shape index (κ1) is 13.0. The van der Waals surface area contributed by atoms with Crippen molar-refractivity contribution < 1.29 is 4.79 Å². The number of rotatable bonds is 5. The molecule has 1 fully saturated rings. The first-order valence-corrected chi connectivity index (χ1v) is 6.08. The molecule has 4 heteroatoms. The summed E-state index contributed by atoms with van der Waals surface area (Å²) in [6.45, 7) is 1.64. The quantitative estimate of drug-likeness (QED) is 0.764. The van der Waals surface area contributed by atoms with E-state index in [1.807, 2.05) is 0 Å². The number of nitrogens with zero attached hydrogens (tertiary/aromatic N) is 2. The van der Waals surface area contributed by atoms with Crippen LogP contribution in [0.25, 0.3) is 0 Å². The van der Waals surface area contributed by atoms with Crippen LogP contribution in [0.4, 0.5) is 0 Å². The molecule has 1 aliphatic rings. The maximum absolute atomic E-state index is 11.7. The molecule has 0 aromatic rings. The van der Waals surface area contributed by atoms with E-state index in [4.69, 9.17) is 5.26 Å². The van der Waals surface area contributed by atoms with Crippen LogP contribution in [0.3, 0.4) is 0 Å². The van der Waals surface area contributed by atoms with Gasteiger partial charge in [-0.2, -0.15) is 5.26 Å². The molecule has 0 saturated carbocycles. The van der Waals surface area contributed by atoms with Crippen LogP contribution in [0.15, 0.2) is 0 Å². The summed E-state index contributed by atoms with van der Waals surface area (Å²) in [7, 11) is 1.77. The van der Waals surface area contributed by atoms with E-state index in [1.165, 1.54) is 19.3 Å². The van der Waals surface area contributed by atoms with Crippen molar-refractivity contribution in [3.8, 4) is 6.07 Å². The van der Waals surface area contributed by atoms with Crippen LogP contribution in [0.2, 0.25) is 0 Å². The maximum Gasteiger partial charge on any atom is 0.222 e. The second-order valence-electron chi connectivity index (χ2n) is 4.41. The van der Waals surface area contributed by atoms with E-state index in [1.54, 1.807) is 11.9 Å². The molecule has 0 bridgehead atoms. The highest BCUT2D eigenvalue weighted by Crippen LogP contribution is 2.12. The van der Waals surface area contributed by atoms with Gasteiger partial charge in [-0.05, 0) is 25.8 Å². The molecule has 1 saturated heterocycles. The average molecular weight is 223 g/mol. The number of hydrogen-bond acceptors (Lipinski definition) is 3. The molecule has 1 amide bonds. The topological polar surface area (TPSA) is 56.1 Å². The minimum atomic E-state index is 0.155. The van der Waals surface area contributed by atoms with Gasteiger partial charge in [0.25, 0.3) is 0 Å². The van der Waals surface area contributed by atoms with E-state index in [0.717, 1.165) is 13.0 Å². The Morgan fingerprint density at radius 1 is 1.56 bits per heavy atom.